The molecule has 2 heterocycles. The van der Waals surface area contributed by atoms with Gasteiger partial charge < -0.3 is 4.90 Å². The zero-order chi connectivity index (χ0) is 23.7. The summed E-state index contributed by atoms with van der Waals surface area (Å²) in [7, 11) is -3.68. The maximum Gasteiger partial charge on any atom is 0.264 e. The summed E-state index contributed by atoms with van der Waals surface area (Å²) in [6.07, 6.45) is 0.578. The molecule has 0 N–H and O–H groups in total. The van der Waals surface area contributed by atoms with Gasteiger partial charge in [-0.15, -0.1) is 0 Å². The van der Waals surface area contributed by atoms with Crippen molar-refractivity contribution < 1.29 is 13.2 Å². The lowest BCUT2D eigenvalue weighted by Gasteiger charge is -2.35. The number of amides is 1. The van der Waals surface area contributed by atoms with Crippen molar-refractivity contribution in [3.05, 3.63) is 94.5 Å². The molecule has 34 heavy (non-hydrogen) atoms. The van der Waals surface area contributed by atoms with E-state index < -0.39 is 10.0 Å². The van der Waals surface area contributed by atoms with Gasteiger partial charge in [0, 0.05) is 49.9 Å². The fourth-order valence-electron chi connectivity index (χ4n) is 4.62. The molecule has 3 aromatic carbocycles. The molecule has 2 aliphatic heterocycles. The minimum Gasteiger partial charge on any atom is -0.336 e. The summed E-state index contributed by atoms with van der Waals surface area (Å²) >= 11 is 5.91. The SMILES string of the molecule is O=C(c1ccc2c(c1)CCN2S(=O)(=O)c1ccc(Cl)cc1)N1CCN(Cc2ccccc2)CC1. The smallest absolute Gasteiger partial charge is 0.264 e. The van der Waals surface area contributed by atoms with Gasteiger partial charge in [0.25, 0.3) is 15.9 Å². The normalized spacial score (nSPS) is 16.5. The number of nitrogens with zero attached hydrogens (tertiary/aromatic N) is 3. The van der Waals surface area contributed by atoms with Crippen LogP contribution in [0.5, 0.6) is 0 Å². The van der Waals surface area contributed by atoms with Crippen LogP contribution in [-0.2, 0) is 23.0 Å². The number of sulfonamides is 1. The second-order valence-corrected chi connectivity index (χ2v) is 11.0. The Hall–Kier alpha value is -2.87. The molecule has 176 valence electrons. The van der Waals surface area contributed by atoms with Crippen LogP contribution < -0.4 is 4.31 Å². The van der Waals surface area contributed by atoms with E-state index >= 15 is 0 Å². The predicted molar refractivity (Wildman–Crippen MR) is 134 cm³/mol. The molecule has 0 unspecified atom stereocenters. The van der Waals surface area contributed by atoms with Crippen molar-refractivity contribution in [3.8, 4) is 0 Å². The van der Waals surface area contributed by atoms with Crippen LogP contribution in [0.2, 0.25) is 5.02 Å². The highest BCUT2D eigenvalue weighted by atomic mass is 35.5. The molecule has 0 radical (unpaired) electrons. The van der Waals surface area contributed by atoms with Crippen LogP contribution in [0, 0.1) is 0 Å². The van der Waals surface area contributed by atoms with Crippen molar-refractivity contribution in [2.24, 2.45) is 0 Å². The Morgan fingerprint density at radius 3 is 2.26 bits per heavy atom. The van der Waals surface area contributed by atoms with Gasteiger partial charge in [-0.1, -0.05) is 41.9 Å². The summed E-state index contributed by atoms with van der Waals surface area (Å²) in [6.45, 7) is 4.27. The number of carbonyl (C=O) groups is 1. The van der Waals surface area contributed by atoms with E-state index in [4.69, 9.17) is 11.6 Å². The van der Waals surface area contributed by atoms with Crippen molar-refractivity contribution in [1.29, 1.82) is 0 Å². The zero-order valence-electron chi connectivity index (χ0n) is 18.7. The molecule has 0 spiro atoms. The lowest BCUT2D eigenvalue weighted by atomic mass is 10.1. The number of piperazine rings is 1. The van der Waals surface area contributed by atoms with Crippen LogP contribution in [0.15, 0.2) is 77.7 Å². The molecule has 8 heteroatoms. The van der Waals surface area contributed by atoms with Crippen molar-refractivity contribution in [2.45, 2.75) is 17.9 Å². The third-order valence-electron chi connectivity index (χ3n) is 6.49. The van der Waals surface area contributed by atoms with Gasteiger partial charge in [0.1, 0.15) is 0 Å². The first-order valence-corrected chi connectivity index (χ1v) is 13.2. The van der Waals surface area contributed by atoms with Crippen molar-refractivity contribution >= 4 is 33.2 Å². The van der Waals surface area contributed by atoms with E-state index in [1.807, 2.05) is 29.2 Å². The molecule has 1 fully saturated rings. The molecule has 0 bridgehead atoms. The molecule has 0 atom stereocenters. The fourth-order valence-corrected chi connectivity index (χ4v) is 6.25. The Morgan fingerprint density at radius 2 is 1.56 bits per heavy atom. The van der Waals surface area contributed by atoms with Gasteiger partial charge in [0.05, 0.1) is 10.6 Å². The first kappa shape index (κ1) is 22.9. The molecule has 0 aliphatic carbocycles. The average Bonchev–Trinajstić information content (AvgIpc) is 3.29. The minimum atomic E-state index is -3.68. The molecule has 0 aromatic heterocycles. The maximum atomic E-state index is 13.2. The number of benzene rings is 3. The first-order valence-electron chi connectivity index (χ1n) is 11.4. The second-order valence-electron chi connectivity index (χ2n) is 8.68. The van der Waals surface area contributed by atoms with E-state index in [9.17, 15) is 13.2 Å². The molecule has 6 nitrogen and oxygen atoms in total. The van der Waals surface area contributed by atoms with E-state index in [1.54, 1.807) is 24.3 Å². The Balaban J connectivity index is 1.26. The van der Waals surface area contributed by atoms with Crippen molar-refractivity contribution in [3.63, 3.8) is 0 Å². The van der Waals surface area contributed by atoms with Crippen LogP contribution >= 0.6 is 11.6 Å². The number of anilines is 1. The molecule has 5 rings (SSSR count). The van der Waals surface area contributed by atoms with Gasteiger partial charge in [0.15, 0.2) is 0 Å². The molecule has 1 saturated heterocycles. The number of hydrogen-bond acceptors (Lipinski definition) is 4. The van der Waals surface area contributed by atoms with Gasteiger partial charge in [-0.25, -0.2) is 8.42 Å². The summed E-state index contributed by atoms with van der Waals surface area (Å²) in [5.41, 5.74) is 3.41. The van der Waals surface area contributed by atoms with Crippen LogP contribution in [0.4, 0.5) is 5.69 Å². The maximum absolute atomic E-state index is 13.2. The Morgan fingerprint density at radius 1 is 0.853 bits per heavy atom. The van der Waals surface area contributed by atoms with E-state index in [0.29, 0.717) is 42.3 Å². The zero-order valence-corrected chi connectivity index (χ0v) is 20.3. The molecule has 2 aliphatic rings. The highest BCUT2D eigenvalue weighted by Gasteiger charge is 2.32. The van der Waals surface area contributed by atoms with Crippen LogP contribution in [-0.4, -0.2) is 56.8 Å². The van der Waals surface area contributed by atoms with E-state index in [-0.39, 0.29) is 10.8 Å². The third-order valence-corrected chi connectivity index (χ3v) is 8.57. The summed E-state index contributed by atoms with van der Waals surface area (Å²) < 4.78 is 27.7. The second kappa shape index (κ2) is 9.41. The average molecular weight is 496 g/mol. The topological polar surface area (TPSA) is 60.9 Å². The number of hydrogen-bond donors (Lipinski definition) is 0. The number of fused-ring (bicyclic) bond motifs is 1. The highest BCUT2D eigenvalue weighted by Crippen LogP contribution is 2.34. The lowest BCUT2D eigenvalue weighted by molar-refractivity contribution is 0.0628. The number of carbonyl (C=O) groups excluding carboxylic acids is 1. The van der Waals surface area contributed by atoms with E-state index in [2.05, 4.69) is 17.0 Å². The summed E-state index contributed by atoms with van der Waals surface area (Å²) in [5, 5.41) is 0.491. The van der Waals surface area contributed by atoms with Crippen LogP contribution in [0.3, 0.4) is 0 Å². The Labute approximate surface area is 205 Å². The number of rotatable bonds is 5. The van der Waals surface area contributed by atoms with E-state index in [1.165, 1.54) is 22.0 Å². The van der Waals surface area contributed by atoms with Gasteiger partial charge >= 0.3 is 0 Å². The van der Waals surface area contributed by atoms with Crippen molar-refractivity contribution in [2.75, 3.05) is 37.0 Å². The molecule has 0 saturated carbocycles. The standard InChI is InChI=1S/C26H26ClN3O3S/c27-23-7-9-24(10-8-23)34(32,33)30-13-12-21-18-22(6-11-25(21)30)26(31)29-16-14-28(15-17-29)19-20-4-2-1-3-5-20/h1-11,18H,12-17,19H2. The van der Waals surface area contributed by atoms with Gasteiger partial charge in [0.2, 0.25) is 0 Å². The predicted octanol–water partition coefficient (Wildman–Crippen LogP) is 4.05. The molecule has 3 aromatic rings. The Kier molecular flexibility index (Phi) is 6.34. The van der Waals surface area contributed by atoms with E-state index in [0.717, 1.165) is 25.2 Å². The van der Waals surface area contributed by atoms with Crippen LogP contribution in [0.25, 0.3) is 0 Å². The highest BCUT2D eigenvalue weighted by molar-refractivity contribution is 7.92. The Bertz CT molecular complexity index is 1290. The van der Waals surface area contributed by atoms with Crippen molar-refractivity contribution in [1.82, 2.24) is 9.80 Å². The van der Waals surface area contributed by atoms with Gasteiger partial charge in [-0.05, 0) is 60.0 Å². The first-order chi connectivity index (χ1) is 16.4. The molecule has 1 amide bonds. The monoisotopic (exact) mass is 495 g/mol. The molecular formula is C26H26ClN3O3S. The quantitative estimate of drug-likeness (QED) is 0.536. The van der Waals surface area contributed by atoms with Crippen LogP contribution in [0.1, 0.15) is 21.5 Å². The minimum absolute atomic E-state index is 0.00108. The van der Waals surface area contributed by atoms with Gasteiger partial charge in [-0.2, -0.15) is 0 Å². The summed E-state index contributed by atoms with van der Waals surface area (Å²) in [4.78, 5) is 17.6. The fraction of sp³-hybridized carbons (Fsp3) is 0.269. The largest absolute Gasteiger partial charge is 0.336 e. The molecular weight excluding hydrogens is 470 g/mol. The lowest BCUT2D eigenvalue weighted by Crippen LogP contribution is -2.48. The third kappa shape index (κ3) is 4.56. The van der Waals surface area contributed by atoms with Gasteiger partial charge in [-0.3, -0.25) is 14.0 Å². The summed E-state index contributed by atoms with van der Waals surface area (Å²) in [5.74, 6) is 0.00108. The summed E-state index contributed by atoms with van der Waals surface area (Å²) in [6, 6.07) is 21.9. The number of halogens is 1.